The Morgan fingerprint density at radius 1 is 1.04 bits per heavy atom. The summed E-state index contributed by atoms with van der Waals surface area (Å²) < 4.78 is 0. The van der Waals surface area contributed by atoms with E-state index in [2.05, 4.69) is 4.99 Å². The number of aliphatic hydroxyl groups excluding tert-OH is 1. The number of aryl methyl sites for hydroxylation is 1. The molecule has 23 heavy (non-hydrogen) atoms. The van der Waals surface area contributed by atoms with E-state index in [1.165, 1.54) is 6.21 Å². The molecule has 2 aromatic carbocycles. The zero-order chi connectivity index (χ0) is 16.2. The fourth-order valence-electron chi connectivity index (χ4n) is 2.86. The zero-order valence-electron chi connectivity index (χ0n) is 13.1. The highest BCUT2D eigenvalue weighted by Crippen LogP contribution is 2.33. The van der Waals surface area contributed by atoms with Gasteiger partial charge in [-0.3, -0.25) is 9.79 Å². The third-order valence-electron chi connectivity index (χ3n) is 4.20. The van der Waals surface area contributed by atoms with Gasteiger partial charge >= 0.3 is 0 Å². The van der Waals surface area contributed by atoms with Crippen molar-refractivity contribution in [2.75, 3.05) is 0 Å². The summed E-state index contributed by atoms with van der Waals surface area (Å²) in [6.07, 6.45) is 2.38. The normalized spacial score (nSPS) is 18.7. The molecule has 1 aliphatic rings. The molecule has 0 heterocycles. The molecule has 0 saturated carbocycles. The van der Waals surface area contributed by atoms with Crippen molar-refractivity contribution in [2.45, 2.75) is 25.7 Å². The van der Waals surface area contributed by atoms with Crippen LogP contribution in [0.1, 0.15) is 29.9 Å². The molecule has 3 heteroatoms. The first-order valence-electron chi connectivity index (χ1n) is 7.75. The second kappa shape index (κ2) is 6.61. The molecule has 1 aliphatic carbocycles. The van der Waals surface area contributed by atoms with E-state index in [-0.39, 0.29) is 17.5 Å². The number of rotatable bonds is 3. The second-order valence-electron chi connectivity index (χ2n) is 5.84. The minimum Gasteiger partial charge on any atom is -0.511 e. The minimum absolute atomic E-state index is 0.0410. The van der Waals surface area contributed by atoms with Crippen LogP contribution in [0.25, 0.3) is 0 Å². The Bertz CT molecular complexity index is 775. The number of hydrogen-bond acceptors (Lipinski definition) is 3. The lowest BCUT2D eigenvalue weighted by molar-refractivity contribution is -0.116. The van der Waals surface area contributed by atoms with Gasteiger partial charge in [0.25, 0.3) is 0 Å². The molecule has 0 bridgehead atoms. The smallest absolute Gasteiger partial charge is 0.168 e. The van der Waals surface area contributed by atoms with E-state index in [1.807, 2.05) is 61.5 Å². The van der Waals surface area contributed by atoms with Crippen LogP contribution < -0.4 is 0 Å². The number of hydrogen-bond donors (Lipinski definition) is 1. The number of aliphatic imine (C=N–C) groups is 1. The first-order chi connectivity index (χ1) is 11.1. The largest absolute Gasteiger partial charge is 0.511 e. The number of para-hydroxylation sites is 1. The fourth-order valence-corrected chi connectivity index (χ4v) is 2.86. The molecule has 1 unspecified atom stereocenters. The van der Waals surface area contributed by atoms with Gasteiger partial charge in [0.05, 0.1) is 11.3 Å². The molecule has 0 radical (unpaired) electrons. The number of carbonyl (C=O) groups is 1. The van der Waals surface area contributed by atoms with Gasteiger partial charge in [0.15, 0.2) is 5.78 Å². The molecule has 2 aromatic rings. The van der Waals surface area contributed by atoms with E-state index in [0.29, 0.717) is 18.4 Å². The Balaban J connectivity index is 1.83. The van der Waals surface area contributed by atoms with E-state index >= 15 is 0 Å². The van der Waals surface area contributed by atoms with Crippen LogP contribution in [0.5, 0.6) is 0 Å². The summed E-state index contributed by atoms with van der Waals surface area (Å²) in [6, 6.07) is 17.6. The van der Waals surface area contributed by atoms with Crippen LogP contribution in [-0.2, 0) is 4.79 Å². The van der Waals surface area contributed by atoms with Crippen LogP contribution in [0.4, 0.5) is 5.69 Å². The van der Waals surface area contributed by atoms with Crippen LogP contribution in [0.2, 0.25) is 0 Å². The van der Waals surface area contributed by atoms with Crippen molar-refractivity contribution < 1.29 is 9.90 Å². The monoisotopic (exact) mass is 305 g/mol. The Hall–Kier alpha value is -2.68. The average Bonchev–Trinajstić information content (AvgIpc) is 2.56. The standard InChI is InChI=1S/C20H19NO2/c1-14-7-5-6-10-18(14)21-13-17-19(22)11-16(12-20(17)23)15-8-3-2-4-9-15/h2-10,13,16,22H,11-12H2,1H3. The Kier molecular flexibility index (Phi) is 4.38. The van der Waals surface area contributed by atoms with Gasteiger partial charge in [0.1, 0.15) is 5.76 Å². The van der Waals surface area contributed by atoms with Crippen molar-refractivity contribution in [1.29, 1.82) is 0 Å². The average molecular weight is 305 g/mol. The van der Waals surface area contributed by atoms with Crippen LogP contribution in [0.15, 0.2) is 70.9 Å². The first kappa shape index (κ1) is 15.2. The van der Waals surface area contributed by atoms with E-state index < -0.39 is 0 Å². The molecule has 0 spiro atoms. The Morgan fingerprint density at radius 3 is 2.43 bits per heavy atom. The van der Waals surface area contributed by atoms with Crippen molar-refractivity contribution in [1.82, 2.24) is 0 Å². The van der Waals surface area contributed by atoms with Crippen molar-refractivity contribution in [2.24, 2.45) is 4.99 Å². The molecule has 1 N–H and O–H groups in total. The highest BCUT2D eigenvalue weighted by molar-refractivity contribution is 6.15. The topological polar surface area (TPSA) is 49.7 Å². The van der Waals surface area contributed by atoms with E-state index in [1.54, 1.807) is 0 Å². The van der Waals surface area contributed by atoms with Gasteiger partial charge in [0.2, 0.25) is 0 Å². The van der Waals surface area contributed by atoms with Crippen LogP contribution >= 0.6 is 0 Å². The quantitative estimate of drug-likeness (QED) is 0.839. The van der Waals surface area contributed by atoms with Gasteiger partial charge in [-0.2, -0.15) is 0 Å². The second-order valence-corrected chi connectivity index (χ2v) is 5.84. The minimum atomic E-state index is -0.0556. The highest BCUT2D eigenvalue weighted by Gasteiger charge is 2.27. The maximum atomic E-state index is 12.4. The first-order valence-corrected chi connectivity index (χ1v) is 7.75. The number of benzene rings is 2. The van der Waals surface area contributed by atoms with E-state index in [0.717, 1.165) is 16.8 Å². The van der Waals surface area contributed by atoms with Gasteiger partial charge in [0, 0.05) is 19.1 Å². The van der Waals surface area contributed by atoms with Crippen molar-refractivity contribution in [3.63, 3.8) is 0 Å². The summed E-state index contributed by atoms with van der Waals surface area (Å²) in [5, 5.41) is 10.3. The molecule has 0 aromatic heterocycles. The van der Waals surface area contributed by atoms with Gasteiger partial charge in [-0.1, -0.05) is 48.5 Å². The molecule has 116 valence electrons. The Morgan fingerprint density at radius 2 is 1.74 bits per heavy atom. The van der Waals surface area contributed by atoms with Crippen LogP contribution in [-0.4, -0.2) is 17.1 Å². The van der Waals surface area contributed by atoms with Crippen LogP contribution in [0, 0.1) is 6.92 Å². The molecule has 0 amide bonds. The molecule has 3 rings (SSSR count). The third-order valence-corrected chi connectivity index (χ3v) is 4.20. The summed E-state index contributed by atoms with van der Waals surface area (Å²) in [7, 11) is 0. The molecular formula is C20H19NO2. The predicted octanol–water partition coefficient (Wildman–Crippen LogP) is 4.66. The number of Topliss-reactive ketones (excluding diaryl/α,β-unsaturated/α-hetero) is 1. The summed E-state index contributed by atoms with van der Waals surface area (Å²) in [6.45, 7) is 1.97. The summed E-state index contributed by atoms with van der Waals surface area (Å²) >= 11 is 0. The highest BCUT2D eigenvalue weighted by atomic mass is 16.3. The molecule has 3 nitrogen and oxygen atoms in total. The van der Waals surface area contributed by atoms with Crippen LogP contribution in [0.3, 0.4) is 0 Å². The number of ketones is 1. The number of nitrogens with zero attached hydrogens (tertiary/aromatic N) is 1. The van der Waals surface area contributed by atoms with Gasteiger partial charge in [-0.15, -0.1) is 0 Å². The lowest BCUT2D eigenvalue weighted by Crippen LogP contribution is -2.19. The SMILES string of the molecule is Cc1ccccc1N=CC1=C(O)CC(c2ccccc2)CC1=O. The maximum Gasteiger partial charge on any atom is 0.168 e. The zero-order valence-corrected chi connectivity index (χ0v) is 13.1. The maximum absolute atomic E-state index is 12.4. The van der Waals surface area contributed by atoms with Gasteiger partial charge in [-0.25, -0.2) is 0 Å². The number of aliphatic hydroxyl groups is 1. The summed E-state index contributed by atoms with van der Waals surface area (Å²) in [4.78, 5) is 16.7. The lowest BCUT2D eigenvalue weighted by atomic mass is 9.83. The van der Waals surface area contributed by atoms with Gasteiger partial charge < -0.3 is 5.11 Å². The number of carbonyl (C=O) groups excluding carboxylic acids is 1. The summed E-state index contributed by atoms with van der Waals surface area (Å²) in [5.74, 6) is 0.117. The molecule has 0 saturated heterocycles. The molecule has 1 atom stereocenters. The Labute approximate surface area is 136 Å². The van der Waals surface area contributed by atoms with E-state index in [9.17, 15) is 9.90 Å². The summed E-state index contributed by atoms with van der Waals surface area (Å²) in [5.41, 5.74) is 3.27. The van der Waals surface area contributed by atoms with Crippen molar-refractivity contribution >= 4 is 17.7 Å². The molecule has 0 fully saturated rings. The fraction of sp³-hybridized carbons (Fsp3) is 0.200. The lowest BCUT2D eigenvalue weighted by Gasteiger charge is -2.22. The van der Waals surface area contributed by atoms with Gasteiger partial charge in [-0.05, 0) is 30.0 Å². The number of allylic oxidation sites excluding steroid dienone is 2. The molecular weight excluding hydrogens is 286 g/mol. The van der Waals surface area contributed by atoms with Crippen molar-refractivity contribution in [3.8, 4) is 0 Å². The molecule has 0 aliphatic heterocycles. The van der Waals surface area contributed by atoms with E-state index in [4.69, 9.17) is 0 Å². The van der Waals surface area contributed by atoms with Crippen molar-refractivity contribution in [3.05, 3.63) is 77.1 Å². The predicted molar refractivity (Wildman–Crippen MR) is 92.4 cm³/mol. The third kappa shape index (κ3) is 3.39.